The van der Waals surface area contributed by atoms with Crippen molar-refractivity contribution in [1.29, 1.82) is 0 Å². The molecule has 0 saturated heterocycles. The molecule has 1 aromatic heterocycles. The number of benzene rings is 1. The van der Waals surface area contributed by atoms with E-state index in [1.165, 1.54) is 23.5 Å². The third kappa shape index (κ3) is 6.17. The van der Waals surface area contributed by atoms with E-state index in [-0.39, 0.29) is 11.4 Å². The molecule has 0 spiro atoms. The standard InChI is InChI=1S/C16H16F3NO3S2/c17-16(18,19)12-20(10-13-6-8-24-11-13)15(21)7-9-25(22,23)14-4-2-1-3-5-14/h1-6,8,11H,7,9-10,12H2. The lowest BCUT2D eigenvalue weighted by Crippen LogP contribution is -2.39. The minimum Gasteiger partial charge on any atom is -0.329 e. The predicted molar refractivity (Wildman–Crippen MR) is 88.9 cm³/mol. The molecule has 0 aliphatic carbocycles. The Bertz CT molecular complexity index is 788. The van der Waals surface area contributed by atoms with Gasteiger partial charge >= 0.3 is 6.18 Å². The van der Waals surface area contributed by atoms with Gasteiger partial charge in [-0.25, -0.2) is 8.42 Å². The van der Waals surface area contributed by atoms with Crippen molar-refractivity contribution in [3.63, 3.8) is 0 Å². The van der Waals surface area contributed by atoms with E-state index in [4.69, 9.17) is 0 Å². The van der Waals surface area contributed by atoms with Crippen LogP contribution in [0.25, 0.3) is 0 Å². The van der Waals surface area contributed by atoms with E-state index >= 15 is 0 Å². The molecule has 136 valence electrons. The summed E-state index contributed by atoms with van der Waals surface area (Å²) in [6, 6.07) is 9.14. The number of thiophene rings is 1. The lowest BCUT2D eigenvalue weighted by molar-refractivity contribution is -0.162. The number of rotatable bonds is 7. The average molecular weight is 391 g/mol. The average Bonchev–Trinajstić information content (AvgIpc) is 3.05. The van der Waals surface area contributed by atoms with Crippen molar-refractivity contribution in [2.75, 3.05) is 12.3 Å². The van der Waals surface area contributed by atoms with E-state index < -0.39 is 40.6 Å². The van der Waals surface area contributed by atoms with Crippen molar-refractivity contribution in [2.24, 2.45) is 0 Å². The van der Waals surface area contributed by atoms with Gasteiger partial charge in [0.2, 0.25) is 5.91 Å². The highest BCUT2D eigenvalue weighted by Gasteiger charge is 2.33. The summed E-state index contributed by atoms with van der Waals surface area (Å²) in [6.07, 6.45) is -5.05. The van der Waals surface area contributed by atoms with Crippen LogP contribution in [0.4, 0.5) is 13.2 Å². The third-order valence-corrected chi connectivity index (χ3v) is 5.83. The van der Waals surface area contributed by atoms with Crippen molar-refractivity contribution in [3.8, 4) is 0 Å². The quantitative estimate of drug-likeness (QED) is 0.726. The Kier molecular flexibility index (Phi) is 6.23. The summed E-state index contributed by atoms with van der Waals surface area (Å²) in [5, 5.41) is 3.35. The van der Waals surface area contributed by atoms with Gasteiger partial charge in [0.15, 0.2) is 9.84 Å². The number of alkyl halides is 3. The molecule has 0 unspecified atom stereocenters. The Morgan fingerprint density at radius 3 is 2.36 bits per heavy atom. The van der Waals surface area contributed by atoms with Gasteiger partial charge in [-0.3, -0.25) is 4.79 Å². The first-order valence-corrected chi connectivity index (χ1v) is 9.90. The zero-order chi connectivity index (χ0) is 18.5. The van der Waals surface area contributed by atoms with Crippen LogP contribution >= 0.6 is 11.3 Å². The van der Waals surface area contributed by atoms with Crippen LogP contribution in [-0.2, 0) is 21.2 Å². The van der Waals surface area contributed by atoms with Crippen molar-refractivity contribution in [3.05, 3.63) is 52.7 Å². The first kappa shape index (κ1) is 19.5. The molecule has 1 aromatic carbocycles. The highest BCUT2D eigenvalue weighted by Crippen LogP contribution is 2.20. The molecule has 1 amide bonds. The van der Waals surface area contributed by atoms with Gasteiger partial charge in [-0.2, -0.15) is 24.5 Å². The Hall–Kier alpha value is -1.87. The lowest BCUT2D eigenvalue weighted by atomic mass is 10.3. The smallest absolute Gasteiger partial charge is 0.329 e. The van der Waals surface area contributed by atoms with Crippen molar-refractivity contribution in [1.82, 2.24) is 4.90 Å². The highest BCUT2D eigenvalue weighted by molar-refractivity contribution is 7.91. The van der Waals surface area contributed by atoms with E-state index in [9.17, 15) is 26.4 Å². The summed E-state index contributed by atoms with van der Waals surface area (Å²) >= 11 is 1.31. The van der Waals surface area contributed by atoms with Gasteiger partial charge in [0.25, 0.3) is 0 Å². The maximum atomic E-state index is 12.7. The van der Waals surface area contributed by atoms with E-state index in [0.717, 1.165) is 0 Å². The molecular weight excluding hydrogens is 375 g/mol. The second kappa shape index (κ2) is 8.01. The molecule has 2 aromatic rings. The first-order chi connectivity index (χ1) is 11.7. The number of hydrogen-bond donors (Lipinski definition) is 0. The van der Waals surface area contributed by atoms with Crippen LogP contribution in [-0.4, -0.2) is 37.7 Å². The third-order valence-electron chi connectivity index (χ3n) is 3.36. The van der Waals surface area contributed by atoms with Crippen LogP contribution in [0.5, 0.6) is 0 Å². The SMILES string of the molecule is O=C(CCS(=O)(=O)c1ccccc1)N(Cc1ccsc1)CC(F)(F)F. The fourth-order valence-electron chi connectivity index (χ4n) is 2.18. The van der Waals surface area contributed by atoms with Gasteiger partial charge in [0.05, 0.1) is 10.6 Å². The molecule has 0 radical (unpaired) electrons. The van der Waals surface area contributed by atoms with Crippen LogP contribution in [0, 0.1) is 0 Å². The Morgan fingerprint density at radius 1 is 1.12 bits per heavy atom. The monoisotopic (exact) mass is 391 g/mol. The van der Waals surface area contributed by atoms with Gasteiger partial charge in [-0.15, -0.1) is 0 Å². The summed E-state index contributed by atoms with van der Waals surface area (Å²) < 4.78 is 62.5. The molecular formula is C16H16F3NO3S2. The van der Waals surface area contributed by atoms with Crippen LogP contribution in [0.2, 0.25) is 0 Å². The second-order valence-electron chi connectivity index (χ2n) is 5.38. The summed E-state index contributed by atoms with van der Waals surface area (Å²) in [7, 11) is -3.72. The minimum absolute atomic E-state index is 0.0444. The number of hydrogen-bond acceptors (Lipinski definition) is 4. The zero-order valence-corrected chi connectivity index (χ0v) is 14.7. The normalized spacial score (nSPS) is 12.1. The fourth-order valence-corrected chi connectivity index (χ4v) is 4.09. The molecule has 0 aliphatic rings. The lowest BCUT2D eigenvalue weighted by Gasteiger charge is -2.23. The number of nitrogens with zero attached hydrogens (tertiary/aromatic N) is 1. The maximum Gasteiger partial charge on any atom is 0.406 e. The molecule has 0 N–H and O–H groups in total. The van der Waals surface area contributed by atoms with Crippen LogP contribution in [0.3, 0.4) is 0 Å². The van der Waals surface area contributed by atoms with Crippen molar-refractivity contribution >= 4 is 27.1 Å². The predicted octanol–water partition coefficient (Wildman–Crippen LogP) is 3.50. The molecule has 1 heterocycles. The number of halogens is 3. The van der Waals surface area contributed by atoms with Gasteiger partial charge in [-0.1, -0.05) is 18.2 Å². The molecule has 0 aliphatic heterocycles. The summed E-state index contributed by atoms with van der Waals surface area (Å²) in [6.45, 7) is -1.61. The van der Waals surface area contributed by atoms with E-state index in [2.05, 4.69) is 0 Å². The van der Waals surface area contributed by atoms with Gasteiger partial charge in [0, 0.05) is 13.0 Å². The van der Waals surface area contributed by atoms with Crippen LogP contribution in [0.15, 0.2) is 52.1 Å². The molecule has 9 heteroatoms. The number of sulfone groups is 1. The molecule has 0 saturated carbocycles. The molecule has 2 rings (SSSR count). The Morgan fingerprint density at radius 2 is 1.80 bits per heavy atom. The van der Waals surface area contributed by atoms with E-state index in [0.29, 0.717) is 10.5 Å². The largest absolute Gasteiger partial charge is 0.406 e. The van der Waals surface area contributed by atoms with Crippen LogP contribution in [0.1, 0.15) is 12.0 Å². The number of carbonyl (C=O) groups is 1. The molecule has 4 nitrogen and oxygen atoms in total. The highest BCUT2D eigenvalue weighted by atomic mass is 32.2. The Labute approximate surface area is 147 Å². The molecule has 0 atom stereocenters. The van der Waals surface area contributed by atoms with Crippen molar-refractivity contribution < 1.29 is 26.4 Å². The fraction of sp³-hybridized carbons (Fsp3) is 0.312. The maximum absolute atomic E-state index is 12.7. The summed E-state index contributed by atoms with van der Waals surface area (Å²) in [4.78, 5) is 12.9. The second-order valence-corrected chi connectivity index (χ2v) is 8.27. The topological polar surface area (TPSA) is 54.5 Å². The minimum atomic E-state index is -4.55. The van der Waals surface area contributed by atoms with Gasteiger partial charge in [0.1, 0.15) is 6.54 Å². The van der Waals surface area contributed by atoms with Gasteiger partial charge in [-0.05, 0) is 34.5 Å². The summed E-state index contributed by atoms with van der Waals surface area (Å²) in [5.74, 6) is -1.38. The van der Waals surface area contributed by atoms with Crippen LogP contribution < -0.4 is 0 Å². The van der Waals surface area contributed by atoms with Gasteiger partial charge < -0.3 is 4.90 Å². The molecule has 25 heavy (non-hydrogen) atoms. The first-order valence-electron chi connectivity index (χ1n) is 7.31. The Balaban J connectivity index is 2.06. The van der Waals surface area contributed by atoms with E-state index in [1.54, 1.807) is 35.0 Å². The molecule has 0 fully saturated rings. The van der Waals surface area contributed by atoms with Crippen molar-refractivity contribution in [2.45, 2.75) is 24.0 Å². The van der Waals surface area contributed by atoms with E-state index in [1.807, 2.05) is 0 Å². The number of carbonyl (C=O) groups excluding carboxylic acids is 1. The summed E-state index contributed by atoms with van der Waals surface area (Å²) in [5.41, 5.74) is 0.577. The molecule has 0 bridgehead atoms. The number of amides is 1. The zero-order valence-electron chi connectivity index (χ0n) is 13.1.